The van der Waals surface area contributed by atoms with Gasteiger partial charge >= 0.3 is 0 Å². The zero-order chi connectivity index (χ0) is 13.9. The lowest BCUT2D eigenvalue weighted by Gasteiger charge is -2.34. The van der Waals surface area contributed by atoms with Crippen LogP contribution in [0.2, 0.25) is 25.8 Å². The van der Waals surface area contributed by atoms with Crippen molar-refractivity contribution in [3.63, 3.8) is 0 Å². The van der Waals surface area contributed by atoms with Crippen LogP contribution in [0.3, 0.4) is 0 Å². The van der Waals surface area contributed by atoms with Crippen molar-refractivity contribution in [3.8, 4) is 0 Å². The van der Waals surface area contributed by atoms with Gasteiger partial charge in [-0.1, -0.05) is 20.8 Å². The van der Waals surface area contributed by atoms with Crippen molar-refractivity contribution in [2.75, 3.05) is 26.2 Å². The van der Waals surface area contributed by atoms with Crippen LogP contribution in [0.25, 0.3) is 0 Å². The van der Waals surface area contributed by atoms with Gasteiger partial charge in [-0.2, -0.15) is 25.8 Å². The van der Waals surface area contributed by atoms with Crippen molar-refractivity contribution in [2.45, 2.75) is 74.2 Å². The van der Waals surface area contributed by atoms with E-state index in [1.165, 1.54) is 49.6 Å². The van der Waals surface area contributed by atoms with E-state index >= 15 is 0 Å². The third-order valence-electron chi connectivity index (χ3n) is 5.64. The summed E-state index contributed by atoms with van der Waals surface area (Å²) in [6, 6.07) is 0. The Morgan fingerprint density at radius 1 is 0.588 bits per heavy atom. The molecule has 0 amide bonds. The van der Waals surface area contributed by atoms with Crippen LogP contribution in [0.4, 0.5) is 0 Å². The summed E-state index contributed by atoms with van der Waals surface area (Å²) in [5.41, 5.74) is 0. The van der Waals surface area contributed by atoms with Crippen molar-refractivity contribution in [1.82, 2.24) is 0 Å². The van der Waals surface area contributed by atoms with Crippen molar-refractivity contribution in [1.29, 1.82) is 0 Å². The Morgan fingerprint density at radius 2 is 0.824 bits per heavy atom. The molecule has 0 saturated carbocycles. The number of hydrogen-bond donors (Lipinski definition) is 0. The summed E-state index contributed by atoms with van der Waals surface area (Å²) in [5, 5.41) is 0. The van der Waals surface area contributed by atoms with E-state index < -0.39 is 0 Å². The van der Waals surface area contributed by atoms with Crippen LogP contribution in [-0.2, 0) is 0 Å². The summed E-state index contributed by atoms with van der Waals surface area (Å²) in [5.74, 6) is 0. The molecule has 0 aliphatic rings. The van der Waals surface area contributed by atoms with E-state index in [4.69, 9.17) is 0 Å². The van der Waals surface area contributed by atoms with Crippen LogP contribution in [0.1, 0.15) is 48.5 Å². The fourth-order valence-corrected chi connectivity index (χ4v) is 2.21. The van der Waals surface area contributed by atoms with E-state index in [2.05, 4.69) is 55.3 Å². The molecule has 0 atom stereocenters. The molecule has 2 heteroatoms. The van der Waals surface area contributed by atoms with Crippen LogP contribution in [0.15, 0.2) is 0 Å². The van der Waals surface area contributed by atoms with Gasteiger partial charge in [-0.05, 0) is 33.8 Å². The topological polar surface area (TPSA) is 0 Å². The molecule has 0 bridgehead atoms. The molecule has 0 heterocycles. The molecular weight excluding hydrogens is 205 g/mol. The Hall–Kier alpha value is 0.0249. The third kappa shape index (κ3) is 7.13. The van der Waals surface area contributed by atoms with E-state index in [0.29, 0.717) is 0 Å². The Bertz CT molecular complexity index is 135. The fourth-order valence-electron chi connectivity index (χ4n) is 2.21. The molecule has 0 fully saturated rings. The summed E-state index contributed by atoms with van der Waals surface area (Å²) < 4.78 is 1.28. The van der Waals surface area contributed by atoms with Gasteiger partial charge in [0.25, 0.3) is 0 Å². The maximum absolute atomic E-state index is 2.42. The van der Waals surface area contributed by atoms with Gasteiger partial charge in [-0.15, -0.1) is 0 Å². The minimum atomic E-state index is 0.0417. The van der Waals surface area contributed by atoms with Gasteiger partial charge in [0.15, 0.2) is 0 Å². The van der Waals surface area contributed by atoms with E-state index in [9.17, 15) is 0 Å². The number of rotatable bonds is 7. The lowest BCUT2D eigenvalue weighted by Crippen LogP contribution is -2.47. The van der Waals surface area contributed by atoms with E-state index in [1.807, 2.05) is 0 Å². The van der Waals surface area contributed by atoms with Gasteiger partial charge in [-0.25, -0.2) is 0 Å². The van der Waals surface area contributed by atoms with Crippen LogP contribution >= 0.6 is 0 Å². The van der Waals surface area contributed by atoms with Gasteiger partial charge < -0.3 is 4.48 Å². The summed E-state index contributed by atoms with van der Waals surface area (Å²) in [6.07, 6.45) is 4.19. The maximum Gasteiger partial charge on any atom is 0.0757 e. The Labute approximate surface area is 111 Å². The van der Waals surface area contributed by atoms with Crippen molar-refractivity contribution in [3.05, 3.63) is 0 Å². The first-order valence-electron chi connectivity index (χ1n) is 8.02. The molecule has 0 aromatic rings. The Balaban J connectivity index is 0. The van der Waals surface area contributed by atoms with Gasteiger partial charge in [-0.3, -0.25) is 0 Å². The number of nitrogens with zero attached hydrogens (tertiary/aromatic N) is 1. The lowest BCUT2D eigenvalue weighted by molar-refractivity contribution is -0.921. The highest BCUT2D eigenvalue weighted by Gasteiger charge is 2.16. The summed E-state index contributed by atoms with van der Waals surface area (Å²) in [6.45, 7) is 23.5. The first kappa shape index (κ1) is 19.4. The standard InChI is InChI=1S/C8H20N.C7H18B/c1-5-9(6-2,7-3)8-4;1-5-8(4,6-2)7-3/h5-8H2,1-4H3;5-7H2,1-4H3/q+1;-1. The minimum Gasteiger partial charge on any atom is -0.325 e. The van der Waals surface area contributed by atoms with Crippen molar-refractivity contribution < 1.29 is 4.48 Å². The molecule has 0 radical (unpaired) electrons. The van der Waals surface area contributed by atoms with Gasteiger partial charge in [0.1, 0.15) is 0 Å². The summed E-state index contributed by atoms with van der Waals surface area (Å²) in [7, 11) is 0. The molecular formula is C15H38BN. The molecule has 0 aromatic carbocycles. The highest BCUT2D eigenvalue weighted by molar-refractivity contribution is 6.78. The summed E-state index contributed by atoms with van der Waals surface area (Å²) >= 11 is 0. The normalized spacial score (nSPS) is 12.0. The zero-order valence-corrected chi connectivity index (χ0v) is 14.0. The molecule has 0 aliphatic heterocycles. The van der Waals surface area contributed by atoms with Crippen LogP contribution in [0.5, 0.6) is 0 Å². The molecule has 0 saturated heterocycles. The quantitative estimate of drug-likeness (QED) is 0.435. The number of quaternary nitrogens is 1. The van der Waals surface area contributed by atoms with Crippen molar-refractivity contribution >= 4 is 6.15 Å². The zero-order valence-electron chi connectivity index (χ0n) is 14.0. The molecule has 0 unspecified atom stereocenters. The first-order chi connectivity index (χ1) is 7.92. The van der Waals surface area contributed by atoms with E-state index in [1.54, 1.807) is 0 Å². The molecule has 106 valence electrons. The lowest BCUT2D eigenvalue weighted by atomic mass is 9.22. The van der Waals surface area contributed by atoms with Crippen LogP contribution < -0.4 is 0 Å². The second-order valence-corrected chi connectivity index (χ2v) is 5.92. The highest BCUT2D eigenvalue weighted by atomic mass is 15.3. The van der Waals surface area contributed by atoms with Crippen LogP contribution in [-0.4, -0.2) is 36.8 Å². The van der Waals surface area contributed by atoms with Gasteiger partial charge in [0.05, 0.1) is 26.2 Å². The van der Waals surface area contributed by atoms with Gasteiger partial charge in [0, 0.05) is 0 Å². The monoisotopic (exact) mass is 243 g/mol. The van der Waals surface area contributed by atoms with Crippen molar-refractivity contribution in [2.24, 2.45) is 0 Å². The first-order valence-corrected chi connectivity index (χ1v) is 8.02. The Morgan fingerprint density at radius 3 is 0.824 bits per heavy atom. The Kier molecular flexibility index (Phi) is 11.4. The molecule has 1 nitrogen and oxygen atoms in total. The molecule has 0 aromatic heterocycles. The summed E-state index contributed by atoms with van der Waals surface area (Å²) in [4.78, 5) is 0. The van der Waals surface area contributed by atoms with E-state index in [0.717, 1.165) is 0 Å². The maximum atomic E-state index is 2.42. The highest BCUT2D eigenvalue weighted by Crippen LogP contribution is 2.18. The molecule has 0 spiro atoms. The molecule has 17 heavy (non-hydrogen) atoms. The molecule has 0 aliphatic carbocycles. The molecule has 0 N–H and O–H groups in total. The molecule has 0 rings (SSSR count). The number of hydrogen-bond acceptors (Lipinski definition) is 0. The van der Waals surface area contributed by atoms with E-state index in [-0.39, 0.29) is 6.15 Å². The predicted molar refractivity (Wildman–Crippen MR) is 85.5 cm³/mol. The minimum absolute atomic E-state index is 0.0417. The average Bonchev–Trinajstić information content (AvgIpc) is 2.42. The third-order valence-corrected chi connectivity index (χ3v) is 5.64. The van der Waals surface area contributed by atoms with Crippen LogP contribution in [0, 0.1) is 0 Å². The second-order valence-electron chi connectivity index (χ2n) is 5.92. The SMILES string of the molecule is CC[B-](C)(CC)CC.CC[N+](CC)(CC)CC. The largest absolute Gasteiger partial charge is 0.325 e. The van der Waals surface area contributed by atoms with Gasteiger partial charge in [0.2, 0.25) is 0 Å². The predicted octanol–water partition coefficient (Wildman–Crippen LogP) is 5.01. The average molecular weight is 243 g/mol. The second kappa shape index (κ2) is 9.99. The fraction of sp³-hybridized carbons (Fsp3) is 1.00. The smallest absolute Gasteiger partial charge is 0.0757 e.